The average molecular weight is 513 g/mol. The summed E-state index contributed by atoms with van der Waals surface area (Å²) in [5, 5.41) is 35.6. The summed E-state index contributed by atoms with van der Waals surface area (Å²) in [6.07, 6.45) is 10.1. The van der Waals surface area contributed by atoms with E-state index < -0.39 is 18.3 Å². The molecule has 3 rings (SSSR count). The molecule has 6 heteroatoms. The van der Waals surface area contributed by atoms with Crippen molar-refractivity contribution in [3.63, 3.8) is 0 Å². The monoisotopic (exact) mass is 512 g/mol. The molecule has 1 unspecified atom stereocenters. The molecule has 0 bridgehead atoms. The molecule has 5 atom stereocenters. The molecule has 0 spiro atoms. The van der Waals surface area contributed by atoms with Gasteiger partial charge in [-0.2, -0.15) is 11.3 Å². The number of rotatable bonds is 13. The highest BCUT2D eigenvalue weighted by atomic mass is 32.1. The number of unbranched alkanes of at least 4 members (excludes halogenated alkanes) is 1. The molecule has 1 aromatic carbocycles. The van der Waals surface area contributed by atoms with Gasteiger partial charge in [0.05, 0.1) is 24.4 Å². The third-order valence-electron chi connectivity index (χ3n) is 6.70. The first-order valence-electron chi connectivity index (χ1n) is 13.0. The minimum Gasteiger partial charge on any atom is -0.463 e. The van der Waals surface area contributed by atoms with Gasteiger partial charge >= 0.3 is 5.97 Å². The van der Waals surface area contributed by atoms with Crippen LogP contribution in [0.15, 0.2) is 65.4 Å². The van der Waals surface area contributed by atoms with Gasteiger partial charge in [0.25, 0.3) is 0 Å². The van der Waals surface area contributed by atoms with Crippen LogP contribution in [0.1, 0.15) is 57.9 Å². The van der Waals surface area contributed by atoms with Crippen molar-refractivity contribution in [3.05, 3.63) is 71.0 Å². The van der Waals surface area contributed by atoms with Crippen LogP contribution < -0.4 is 0 Å². The van der Waals surface area contributed by atoms with Gasteiger partial charge in [-0.25, -0.2) is 0 Å². The maximum atomic E-state index is 11.6. The van der Waals surface area contributed by atoms with Crippen molar-refractivity contribution < 1.29 is 24.9 Å². The SMILES string of the molecule is CC(C)OC(=O)CCC/C=C\C[C@@H]1[C@@H](/C=C/C(O)CCc2ccc(-c3ccsc3)cc2)[C@H](O)C[C@@H]1O. The predicted molar refractivity (Wildman–Crippen MR) is 146 cm³/mol. The van der Waals surface area contributed by atoms with Crippen LogP contribution in [0.4, 0.5) is 0 Å². The van der Waals surface area contributed by atoms with Crippen LogP contribution in [0.2, 0.25) is 0 Å². The number of benzene rings is 1. The Bertz CT molecular complexity index is 964. The number of esters is 1. The molecule has 3 N–H and O–H groups in total. The topological polar surface area (TPSA) is 87.0 Å². The molecule has 1 fully saturated rings. The summed E-state index contributed by atoms with van der Waals surface area (Å²) in [6.45, 7) is 3.68. The molecule has 1 aliphatic carbocycles. The Labute approximate surface area is 219 Å². The average Bonchev–Trinajstić information content (AvgIpc) is 3.46. The third-order valence-corrected chi connectivity index (χ3v) is 7.39. The molecular formula is C30H40O5S. The van der Waals surface area contributed by atoms with Crippen molar-refractivity contribution in [1.82, 2.24) is 0 Å². The summed E-state index contributed by atoms with van der Waals surface area (Å²) in [5.41, 5.74) is 3.60. The standard InChI is InChI=1S/C30H40O5S/c1-21(2)35-30(34)8-6-4-3-5-7-26-27(29(33)19-28(26)32)16-15-25(31)14-11-22-9-12-23(13-10-22)24-17-18-36-20-24/h3,5,9-10,12-13,15-18,20-21,25-29,31-33H,4,6-8,11,14,19H2,1-2H3/b5-3-,16-15+/t25?,26-,27-,28+,29-/m1/s1. The number of thiophene rings is 1. The van der Waals surface area contributed by atoms with E-state index >= 15 is 0 Å². The van der Waals surface area contributed by atoms with Crippen LogP contribution in [-0.2, 0) is 16.0 Å². The summed E-state index contributed by atoms with van der Waals surface area (Å²) < 4.78 is 5.13. The lowest BCUT2D eigenvalue weighted by molar-refractivity contribution is -0.147. The zero-order chi connectivity index (χ0) is 25.9. The zero-order valence-corrected chi connectivity index (χ0v) is 22.1. The second-order valence-electron chi connectivity index (χ2n) is 9.95. The lowest BCUT2D eigenvalue weighted by Crippen LogP contribution is -2.20. The number of aliphatic hydroxyl groups is 3. The summed E-state index contributed by atoms with van der Waals surface area (Å²) in [7, 11) is 0. The van der Waals surface area contributed by atoms with Gasteiger partial charge in [-0.05, 0) is 85.4 Å². The Morgan fingerprint density at radius 2 is 1.89 bits per heavy atom. The third kappa shape index (κ3) is 9.00. The minimum absolute atomic E-state index is 0.0877. The quantitative estimate of drug-likeness (QED) is 0.182. The molecule has 0 amide bonds. The second-order valence-corrected chi connectivity index (χ2v) is 10.7. The Morgan fingerprint density at radius 3 is 2.58 bits per heavy atom. The van der Waals surface area contributed by atoms with E-state index in [1.165, 1.54) is 16.7 Å². The summed E-state index contributed by atoms with van der Waals surface area (Å²) in [5.74, 6) is -0.452. The number of allylic oxidation sites excluding steroid dienone is 2. The number of carbonyl (C=O) groups excluding carboxylic acids is 1. The van der Waals surface area contributed by atoms with Crippen molar-refractivity contribution in [3.8, 4) is 11.1 Å². The first kappa shape index (κ1) is 28.3. The van der Waals surface area contributed by atoms with Crippen LogP contribution in [0.5, 0.6) is 0 Å². The number of ether oxygens (including phenoxy) is 1. The van der Waals surface area contributed by atoms with Crippen molar-refractivity contribution in [1.29, 1.82) is 0 Å². The van der Waals surface area contributed by atoms with Crippen LogP contribution in [0, 0.1) is 11.8 Å². The maximum Gasteiger partial charge on any atom is 0.306 e. The van der Waals surface area contributed by atoms with Crippen LogP contribution in [0.3, 0.4) is 0 Å². The van der Waals surface area contributed by atoms with Gasteiger partial charge in [0.15, 0.2) is 0 Å². The van der Waals surface area contributed by atoms with Crippen LogP contribution in [0.25, 0.3) is 11.1 Å². The first-order valence-corrected chi connectivity index (χ1v) is 14.0. The fourth-order valence-corrected chi connectivity index (χ4v) is 5.39. The number of aryl methyl sites for hydroxylation is 1. The molecule has 1 aliphatic rings. The summed E-state index contributed by atoms with van der Waals surface area (Å²) in [4.78, 5) is 11.6. The van der Waals surface area contributed by atoms with Gasteiger partial charge in [0.1, 0.15) is 0 Å². The normalized spacial score (nSPS) is 23.2. The highest BCUT2D eigenvalue weighted by molar-refractivity contribution is 7.08. The molecule has 196 valence electrons. The minimum atomic E-state index is -0.614. The fraction of sp³-hybridized carbons (Fsp3) is 0.500. The number of aliphatic hydroxyl groups excluding tert-OH is 3. The smallest absolute Gasteiger partial charge is 0.306 e. The molecule has 0 radical (unpaired) electrons. The first-order chi connectivity index (χ1) is 17.3. The van der Waals surface area contributed by atoms with E-state index in [1.807, 2.05) is 32.1 Å². The number of hydrogen-bond acceptors (Lipinski definition) is 6. The van der Waals surface area contributed by atoms with E-state index in [-0.39, 0.29) is 23.9 Å². The molecule has 2 aromatic rings. The van der Waals surface area contributed by atoms with Crippen molar-refractivity contribution in [2.24, 2.45) is 11.8 Å². The van der Waals surface area contributed by atoms with Crippen molar-refractivity contribution >= 4 is 17.3 Å². The fourth-order valence-electron chi connectivity index (χ4n) is 4.72. The van der Waals surface area contributed by atoms with Crippen molar-refractivity contribution in [2.75, 3.05) is 0 Å². The molecule has 0 aliphatic heterocycles. The van der Waals surface area contributed by atoms with Crippen molar-refractivity contribution in [2.45, 2.75) is 83.2 Å². The van der Waals surface area contributed by atoms with Gasteiger partial charge < -0.3 is 20.1 Å². The molecule has 0 saturated heterocycles. The zero-order valence-electron chi connectivity index (χ0n) is 21.3. The van der Waals surface area contributed by atoms with E-state index in [2.05, 4.69) is 41.1 Å². The van der Waals surface area contributed by atoms with E-state index in [0.29, 0.717) is 25.7 Å². The van der Waals surface area contributed by atoms with Crippen LogP contribution >= 0.6 is 11.3 Å². The Kier molecular flexibility index (Phi) is 11.4. The Hall–Kier alpha value is -2.25. The summed E-state index contributed by atoms with van der Waals surface area (Å²) >= 11 is 1.69. The lowest BCUT2D eigenvalue weighted by Gasteiger charge is -2.19. The van der Waals surface area contributed by atoms with Gasteiger partial charge in [0, 0.05) is 18.8 Å². The number of hydrogen-bond donors (Lipinski definition) is 3. The molecule has 1 heterocycles. The molecular weight excluding hydrogens is 472 g/mol. The molecule has 1 saturated carbocycles. The molecule has 5 nitrogen and oxygen atoms in total. The number of carbonyl (C=O) groups is 1. The highest BCUT2D eigenvalue weighted by Crippen LogP contribution is 2.36. The predicted octanol–water partition coefficient (Wildman–Crippen LogP) is 5.69. The van der Waals surface area contributed by atoms with E-state index in [0.717, 1.165) is 19.3 Å². The van der Waals surface area contributed by atoms with E-state index in [9.17, 15) is 20.1 Å². The van der Waals surface area contributed by atoms with Gasteiger partial charge in [-0.15, -0.1) is 0 Å². The van der Waals surface area contributed by atoms with E-state index in [1.54, 1.807) is 17.4 Å². The van der Waals surface area contributed by atoms with Crippen LogP contribution in [-0.4, -0.2) is 45.7 Å². The second kappa shape index (κ2) is 14.5. The summed E-state index contributed by atoms with van der Waals surface area (Å²) in [6, 6.07) is 10.6. The highest BCUT2D eigenvalue weighted by Gasteiger charge is 2.39. The Morgan fingerprint density at radius 1 is 1.11 bits per heavy atom. The Balaban J connectivity index is 1.43. The lowest BCUT2D eigenvalue weighted by atomic mass is 9.89. The van der Waals surface area contributed by atoms with E-state index in [4.69, 9.17) is 4.74 Å². The maximum absolute atomic E-state index is 11.6. The molecule has 1 aromatic heterocycles. The van der Waals surface area contributed by atoms with Gasteiger partial charge in [-0.1, -0.05) is 48.6 Å². The van der Waals surface area contributed by atoms with Gasteiger partial charge in [0.2, 0.25) is 0 Å². The molecule has 36 heavy (non-hydrogen) atoms. The van der Waals surface area contributed by atoms with Gasteiger partial charge in [-0.3, -0.25) is 4.79 Å². The largest absolute Gasteiger partial charge is 0.463 e.